The van der Waals surface area contributed by atoms with Crippen molar-refractivity contribution in [2.45, 2.75) is 33.7 Å². The lowest BCUT2D eigenvalue weighted by molar-refractivity contribution is 0.154. The molecule has 0 saturated heterocycles. The van der Waals surface area contributed by atoms with Crippen LogP contribution in [0.25, 0.3) is 0 Å². The van der Waals surface area contributed by atoms with Crippen molar-refractivity contribution >= 4 is 5.69 Å². The number of para-hydroxylation sites is 1. The Bertz CT molecular complexity index is 398. The number of hydrogen-bond donors (Lipinski definition) is 1. The highest BCUT2D eigenvalue weighted by atomic mass is 19.1. The molecule has 0 aliphatic heterocycles. The van der Waals surface area contributed by atoms with Crippen LogP contribution in [0.2, 0.25) is 0 Å². The number of likely N-dealkylation sites (N-methyl/N-ethyl adjacent to an activating group) is 1. The van der Waals surface area contributed by atoms with Crippen molar-refractivity contribution in [3.8, 4) is 0 Å². The molecule has 0 fully saturated rings. The number of anilines is 1. The third kappa shape index (κ3) is 4.46. The average molecular weight is 282 g/mol. The van der Waals surface area contributed by atoms with Crippen LogP contribution in [0, 0.1) is 5.82 Å². The lowest BCUT2D eigenvalue weighted by Crippen LogP contribution is -2.30. The molecule has 0 saturated carbocycles. The molecule has 1 rings (SSSR count). The van der Waals surface area contributed by atoms with Crippen molar-refractivity contribution in [3.05, 3.63) is 29.6 Å². The number of halogens is 1. The van der Waals surface area contributed by atoms with E-state index in [0.29, 0.717) is 25.4 Å². The summed E-state index contributed by atoms with van der Waals surface area (Å²) in [7, 11) is 0. The van der Waals surface area contributed by atoms with E-state index in [-0.39, 0.29) is 11.9 Å². The maximum Gasteiger partial charge on any atom is 0.146 e. The van der Waals surface area contributed by atoms with E-state index in [0.717, 1.165) is 18.7 Å². The predicted octanol–water partition coefficient (Wildman–Crippen LogP) is 3.36. The Balaban J connectivity index is 2.99. The number of nitrogens with zero attached hydrogens (tertiary/aromatic N) is 1. The van der Waals surface area contributed by atoms with Gasteiger partial charge in [-0.15, -0.1) is 0 Å². The molecule has 0 bridgehead atoms. The smallest absolute Gasteiger partial charge is 0.146 e. The Labute approximate surface area is 122 Å². The largest absolute Gasteiger partial charge is 0.380 e. The molecule has 1 aromatic carbocycles. The summed E-state index contributed by atoms with van der Waals surface area (Å²) in [5.41, 5.74) is 1.70. The van der Waals surface area contributed by atoms with Crippen LogP contribution in [-0.2, 0) is 4.74 Å². The first-order chi connectivity index (χ1) is 9.65. The van der Waals surface area contributed by atoms with Gasteiger partial charge in [-0.1, -0.05) is 19.1 Å². The van der Waals surface area contributed by atoms with E-state index in [2.05, 4.69) is 19.2 Å². The summed E-state index contributed by atoms with van der Waals surface area (Å²) in [6, 6.07) is 5.43. The molecule has 0 amide bonds. The van der Waals surface area contributed by atoms with Crippen molar-refractivity contribution in [3.63, 3.8) is 0 Å². The van der Waals surface area contributed by atoms with Gasteiger partial charge < -0.3 is 15.0 Å². The van der Waals surface area contributed by atoms with Crippen LogP contribution in [-0.4, -0.2) is 32.8 Å². The van der Waals surface area contributed by atoms with Gasteiger partial charge in [0.2, 0.25) is 0 Å². The molecule has 0 heterocycles. The minimum Gasteiger partial charge on any atom is -0.380 e. The normalized spacial score (nSPS) is 12.4. The zero-order valence-corrected chi connectivity index (χ0v) is 13.1. The number of rotatable bonds is 9. The molecule has 1 N–H and O–H groups in total. The van der Waals surface area contributed by atoms with Gasteiger partial charge in [0.15, 0.2) is 0 Å². The van der Waals surface area contributed by atoms with Gasteiger partial charge in [-0.05, 0) is 38.9 Å². The predicted molar refractivity (Wildman–Crippen MR) is 82.9 cm³/mol. The summed E-state index contributed by atoms with van der Waals surface area (Å²) in [6.07, 6.45) is 0. The summed E-state index contributed by atoms with van der Waals surface area (Å²) in [6.45, 7) is 11.8. The number of nitrogens with one attached hydrogen (secondary N) is 1. The molecule has 4 heteroatoms. The third-order valence-electron chi connectivity index (χ3n) is 3.40. The monoisotopic (exact) mass is 282 g/mol. The second kappa shape index (κ2) is 8.93. The maximum absolute atomic E-state index is 14.3. The van der Waals surface area contributed by atoms with Gasteiger partial charge in [0.05, 0.1) is 12.3 Å². The fourth-order valence-electron chi connectivity index (χ4n) is 2.38. The van der Waals surface area contributed by atoms with Crippen molar-refractivity contribution < 1.29 is 9.13 Å². The van der Waals surface area contributed by atoms with Crippen molar-refractivity contribution in [1.29, 1.82) is 0 Å². The average Bonchev–Trinajstić information content (AvgIpc) is 2.44. The molecule has 1 aromatic rings. The highest BCUT2D eigenvalue weighted by Crippen LogP contribution is 2.29. The quantitative estimate of drug-likeness (QED) is 0.703. The van der Waals surface area contributed by atoms with Crippen molar-refractivity contribution in [2.75, 3.05) is 37.7 Å². The van der Waals surface area contributed by atoms with Gasteiger partial charge in [0.1, 0.15) is 5.82 Å². The van der Waals surface area contributed by atoms with Gasteiger partial charge in [0.25, 0.3) is 0 Å². The number of hydrogen-bond acceptors (Lipinski definition) is 3. The maximum atomic E-state index is 14.3. The minimum absolute atomic E-state index is 0.131. The third-order valence-corrected chi connectivity index (χ3v) is 3.40. The molecule has 0 aliphatic carbocycles. The van der Waals surface area contributed by atoms with Crippen LogP contribution in [0.3, 0.4) is 0 Å². The Morgan fingerprint density at radius 2 is 2.05 bits per heavy atom. The van der Waals surface area contributed by atoms with E-state index in [9.17, 15) is 4.39 Å². The van der Waals surface area contributed by atoms with Crippen LogP contribution >= 0.6 is 0 Å². The molecule has 0 aliphatic rings. The molecular formula is C16H27FN2O. The highest BCUT2D eigenvalue weighted by molar-refractivity contribution is 5.56. The summed E-state index contributed by atoms with van der Waals surface area (Å²) in [4.78, 5) is 2.05. The Morgan fingerprint density at radius 3 is 2.65 bits per heavy atom. The molecular weight excluding hydrogens is 255 g/mol. The van der Waals surface area contributed by atoms with E-state index in [1.165, 1.54) is 6.07 Å². The first-order valence-corrected chi connectivity index (χ1v) is 7.50. The second-order valence-electron chi connectivity index (χ2n) is 4.73. The van der Waals surface area contributed by atoms with Crippen LogP contribution in [0.1, 0.15) is 39.3 Å². The van der Waals surface area contributed by atoms with Crippen molar-refractivity contribution in [2.24, 2.45) is 0 Å². The molecule has 20 heavy (non-hydrogen) atoms. The first kappa shape index (κ1) is 16.9. The lowest BCUT2D eigenvalue weighted by Gasteiger charge is -2.28. The number of benzene rings is 1. The molecule has 3 nitrogen and oxygen atoms in total. The van der Waals surface area contributed by atoms with Gasteiger partial charge in [-0.3, -0.25) is 0 Å². The van der Waals surface area contributed by atoms with E-state index in [1.807, 2.05) is 24.8 Å². The molecule has 0 aromatic heterocycles. The highest BCUT2D eigenvalue weighted by Gasteiger charge is 2.18. The second-order valence-corrected chi connectivity index (χ2v) is 4.73. The van der Waals surface area contributed by atoms with E-state index in [1.54, 1.807) is 6.07 Å². The molecule has 1 unspecified atom stereocenters. The van der Waals surface area contributed by atoms with E-state index < -0.39 is 0 Å². The van der Waals surface area contributed by atoms with Crippen LogP contribution < -0.4 is 10.2 Å². The Kier molecular flexibility index (Phi) is 7.55. The van der Waals surface area contributed by atoms with Gasteiger partial charge in [0, 0.05) is 25.7 Å². The SMILES string of the molecule is CCNC(C)c1cccc(F)c1N(CC)CCOCC. The minimum atomic E-state index is -0.161. The zero-order valence-electron chi connectivity index (χ0n) is 13.1. The summed E-state index contributed by atoms with van der Waals surface area (Å²) in [5.74, 6) is -0.161. The fraction of sp³-hybridized carbons (Fsp3) is 0.625. The Morgan fingerprint density at radius 1 is 1.30 bits per heavy atom. The van der Waals surface area contributed by atoms with Crippen LogP contribution in [0.5, 0.6) is 0 Å². The fourth-order valence-corrected chi connectivity index (χ4v) is 2.38. The molecule has 1 atom stereocenters. The standard InChI is InChI=1S/C16H27FN2O/c1-5-18-13(4)14-9-8-10-15(17)16(14)19(6-2)11-12-20-7-3/h8-10,13,18H,5-7,11-12H2,1-4H3. The van der Waals surface area contributed by atoms with Gasteiger partial charge >= 0.3 is 0 Å². The summed E-state index contributed by atoms with van der Waals surface area (Å²) < 4.78 is 19.7. The molecule has 114 valence electrons. The van der Waals surface area contributed by atoms with Crippen LogP contribution in [0.4, 0.5) is 10.1 Å². The topological polar surface area (TPSA) is 24.5 Å². The number of ether oxygens (including phenoxy) is 1. The molecule has 0 spiro atoms. The van der Waals surface area contributed by atoms with Gasteiger partial charge in [-0.25, -0.2) is 4.39 Å². The summed E-state index contributed by atoms with van der Waals surface area (Å²) in [5, 5.41) is 3.35. The summed E-state index contributed by atoms with van der Waals surface area (Å²) >= 11 is 0. The van der Waals surface area contributed by atoms with Gasteiger partial charge in [-0.2, -0.15) is 0 Å². The van der Waals surface area contributed by atoms with Crippen molar-refractivity contribution in [1.82, 2.24) is 5.32 Å². The zero-order chi connectivity index (χ0) is 15.0. The van der Waals surface area contributed by atoms with E-state index >= 15 is 0 Å². The molecule has 0 radical (unpaired) electrons. The first-order valence-electron chi connectivity index (χ1n) is 7.50. The van der Waals surface area contributed by atoms with Crippen LogP contribution in [0.15, 0.2) is 18.2 Å². The Hall–Kier alpha value is -1.13. The van der Waals surface area contributed by atoms with E-state index in [4.69, 9.17) is 4.74 Å². The lowest BCUT2D eigenvalue weighted by atomic mass is 10.0.